The minimum atomic E-state index is -4.40. The van der Waals surface area contributed by atoms with Crippen LogP contribution in [0.25, 0.3) is 0 Å². The maximum atomic E-state index is 12.5. The first-order chi connectivity index (χ1) is 7.82. The fourth-order valence-electron chi connectivity index (χ4n) is 1.14. The Morgan fingerprint density at radius 2 is 2.12 bits per heavy atom. The van der Waals surface area contributed by atoms with Crippen LogP contribution in [0.2, 0.25) is 0 Å². The number of aromatic nitrogens is 1. The van der Waals surface area contributed by atoms with E-state index < -0.39 is 11.7 Å². The summed E-state index contributed by atoms with van der Waals surface area (Å²) in [6.45, 7) is 2.50. The summed E-state index contributed by atoms with van der Waals surface area (Å²) in [5, 5.41) is 3.12. The lowest BCUT2D eigenvalue weighted by atomic mass is 10.2. The second kappa shape index (κ2) is 5.48. The van der Waals surface area contributed by atoms with Crippen LogP contribution in [0.3, 0.4) is 0 Å². The molecule has 0 saturated heterocycles. The summed E-state index contributed by atoms with van der Waals surface area (Å²) in [7, 11) is 0. The van der Waals surface area contributed by atoms with Crippen LogP contribution in [0.15, 0.2) is 12.1 Å². The average molecular weight is 265 g/mol. The van der Waals surface area contributed by atoms with Crippen molar-refractivity contribution in [3.05, 3.63) is 17.7 Å². The molecule has 1 heterocycles. The van der Waals surface area contributed by atoms with Crippen LogP contribution in [-0.4, -0.2) is 23.0 Å². The number of alkyl halides is 3. The molecule has 0 spiro atoms. The minimum Gasteiger partial charge on any atom is -0.384 e. The zero-order chi connectivity index (χ0) is 13.1. The topological polar surface area (TPSA) is 50.9 Å². The molecule has 17 heavy (non-hydrogen) atoms. The lowest BCUT2D eigenvalue weighted by Crippen LogP contribution is -2.15. The Morgan fingerprint density at radius 1 is 1.47 bits per heavy atom. The van der Waals surface area contributed by atoms with Crippen LogP contribution in [0.4, 0.5) is 24.8 Å². The normalized spacial score (nSPS) is 13.5. The molecule has 1 unspecified atom stereocenters. The van der Waals surface area contributed by atoms with Crippen molar-refractivity contribution in [3.8, 4) is 0 Å². The van der Waals surface area contributed by atoms with Crippen LogP contribution in [0.1, 0.15) is 12.5 Å². The molecule has 3 nitrogen and oxygen atoms in total. The van der Waals surface area contributed by atoms with Crippen LogP contribution < -0.4 is 11.1 Å². The van der Waals surface area contributed by atoms with Crippen molar-refractivity contribution in [2.45, 2.75) is 18.3 Å². The van der Waals surface area contributed by atoms with Crippen molar-refractivity contribution >= 4 is 23.4 Å². The van der Waals surface area contributed by atoms with E-state index in [4.69, 9.17) is 5.73 Å². The van der Waals surface area contributed by atoms with Crippen molar-refractivity contribution in [2.24, 2.45) is 0 Å². The molecule has 1 rings (SSSR count). The maximum Gasteiger partial charge on any atom is 0.416 e. The summed E-state index contributed by atoms with van der Waals surface area (Å²) >= 11 is 1.61. The van der Waals surface area contributed by atoms with Gasteiger partial charge in [0.05, 0.1) is 5.56 Å². The molecule has 0 bridgehead atoms. The fourth-order valence-corrected chi connectivity index (χ4v) is 1.39. The highest BCUT2D eigenvalue weighted by Gasteiger charge is 2.31. The maximum absolute atomic E-state index is 12.5. The lowest BCUT2D eigenvalue weighted by molar-refractivity contribution is -0.137. The first-order valence-corrected chi connectivity index (χ1v) is 6.23. The minimum absolute atomic E-state index is 0.140. The largest absolute Gasteiger partial charge is 0.416 e. The highest BCUT2D eigenvalue weighted by atomic mass is 32.2. The van der Waals surface area contributed by atoms with Crippen molar-refractivity contribution in [2.75, 3.05) is 23.9 Å². The van der Waals surface area contributed by atoms with Crippen LogP contribution in [0, 0.1) is 0 Å². The molecular formula is C10H14F3N3S. The summed E-state index contributed by atoms with van der Waals surface area (Å²) in [5.74, 6) is 0.0114. The van der Waals surface area contributed by atoms with Crippen molar-refractivity contribution in [1.29, 1.82) is 0 Å². The number of pyridine rings is 1. The Labute approximate surface area is 102 Å². The van der Waals surface area contributed by atoms with E-state index in [2.05, 4.69) is 10.3 Å². The summed E-state index contributed by atoms with van der Waals surface area (Å²) < 4.78 is 37.5. The zero-order valence-electron chi connectivity index (χ0n) is 9.51. The van der Waals surface area contributed by atoms with Gasteiger partial charge in [-0.1, -0.05) is 6.92 Å². The average Bonchev–Trinajstić information content (AvgIpc) is 2.24. The van der Waals surface area contributed by atoms with Gasteiger partial charge in [0.2, 0.25) is 0 Å². The van der Waals surface area contributed by atoms with E-state index in [0.29, 0.717) is 6.54 Å². The highest BCUT2D eigenvalue weighted by Crippen LogP contribution is 2.31. The monoisotopic (exact) mass is 265 g/mol. The number of anilines is 2. The summed E-state index contributed by atoms with van der Waals surface area (Å²) in [4.78, 5) is 3.81. The number of nitrogen functional groups attached to an aromatic ring is 1. The van der Waals surface area contributed by atoms with E-state index in [1.165, 1.54) is 0 Å². The van der Waals surface area contributed by atoms with E-state index in [-0.39, 0.29) is 16.9 Å². The SMILES string of the molecule is CSC(C)CNc1cc(C(F)(F)F)cc(N)n1. The Hall–Kier alpha value is -1.11. The van der Waals surface area contributed by atoms with Crippen molar-refractivity contribution in [3.63, 3.8) is 0 Å². The molecule has 3 N–H and O–H groups in total. The summed E-state index contributed by atoms with van der Waals surface area (Å²) in [6, 6.07) is 1.78. The Balaban J connectivity index is 2.83. The third-order valence-corrected chi connectivity index (χ3v) is 3.12. The lowest BCUT2D eigenvalue weighted by Gasteiger charge is -2.13. The van der Waals surface area contributed by atoms with Gasteiger partial charge in [0.25, 0.3) is 0 Å². The summed E-state index contributed by atoms with van der Waals surface area (Å²) in [5.41, 5.74) is 4.55. The summed E-state index contributed by atoms with van der Waals surface area (Å²) in [6.07, 6.45) is -2.47. The van der Waals surface area contributed by atoms with Gasteiger partial charge < -0.3 is 11.1 Å². The van der Waals surface area contributed by atoms with Crippen LogP contribution in [-0.2, 0) is 6.18 Å². The van der Waals surface area contributed by atoms with E-state index in [1.54, 1.807) is 11.8 Å². The standard InChI is InChI=1S/C10H14F3N3S/c1-6(17-2)5-15-9-4-7(10(11,12)13)3-8(14)16-9/h3-4,6H,5H2,1-2H3,(H3,14,15,16). The Kier molecular flexibility index (Phi) is 4.50. The van der Waals surface area contributed by atoms with E-state index >= 15 is 0 Å². The second-order valence-corrected chi connectivity index (χ2v) is 4.87. The number of rotatable bonds is 4. The second-order valence-electron chi connectivity index (χ2n) is 3.59. The number of hydrogen-bond donors (Lipinski definition) is 2. The molecule has 0 aliphatic carbocycles. The van der Waals surface area contributed by atoms with Gasteiger partial charge in [0.1, 0.15) is 11.6 Å². The molecular weight excluding hydrogens is 251 g/mol. The molecule has 0 amide bonds. The number of nitrogens with zero attached hydrogens (tertiary/aromatic N) is 1. The molecule has 0 fully saturated rings. The van der Waals surface area contributed by atoms with Crippen LogP contribution >= 0.6 is 11.8 Å². The molecule has 1 aromatic rings. The quantitative estimate of drug-likeness (QED) is 0.879. The highest BCUT2D eigenvalue weighted by molar-refractivity contribution is 7.99. The van der Waals surface area contributed by atoms with E-state index in [1.807, 2.05) is 13.2 Å². The predicted octanol–water partition coefficient (Wildman–Crippen LogP) is 2.85. The number of nitrogens with one attached hydrogen (secondary N) is 1. The third-order valence-electron chi connectivity index (χ3n) is 2.15. The fraction of sp³-hybridized carbons (Fsp3) is 0.500. The number of nitrogens with two attached hydrogens (primary N) is 1. The van der Waals surface area contributed by atoms with Gasteiger partial charge in [0.15, 0.2) is 0 Å². The van der Waals surface area contributed by atoms with E-state index in [0.717, 1.165) is 12.1 Å². The molecule has 0 aliphatic rings. The number of thioether (sulfide) groups is 1. The smallest absolute Gasteiger partial charge is 0.384 e. The first kappa shape index (κ1) is 14.0. The molecule has 0 saturated carbocycles. The molecule has 1 aromatic heterocycles. The van der Waals surface area contributed by atoms with Gasteiger partial charge in [0, 0.05) is 11.8 Å². The molecule has 0 radical (unpaired) electrons. The third kappa shape index (κ3) is 4.33. The molecule has 0 aromatic carbocycles. The number of halogens is 3. The van der Waals surface area contributed by atoms with Gasteiger partial charge in [-0.15, -0.1) is 0 Å². The Bertz CT molecular complexity index is 382. The van der Waals surface area contributed by atoms with E-state index in [9.17, 15) is 13.2 Å². The van der Waals surface area contributed by atoms with Crippen molar-refractivity contribution < 1.29 is 13.2 Å². The van der Waals surface area contributed by atoms with Gasteiger partial charge in [-0.05, 0) is 18.4 Å². The van der Waals surface area contributed by atoms with Gasteiger partial charge >= 0.3 is 6.18 Å². The molecule has 96 valence electrons. The van der Waals surface area contributed by atoms with Crippen LogP contribution in [0.5, 0.6) is 0 Å². The molecule has 7 heteroatoms. The zero-order valence-corrected chi connectivity index (χ0v) is 10.3. The van der Waals surface area contributed by atoms with Crippen molar-refractivity contribution in [1.82, 2.24) is 4.98 Å². The van der Waals surface area contributed by atoms with Gasteiger partial charge in [-0.2, -0.15) is 24.9 Å². The first-order valence-electron chi connectivity index (χ1n) is 4.94. The Morgan fingerprint density at radius 3 is 2.65 bits per heavy atom. The number of hydrogen-bond acceptors (Lipinski definition) is 4. The molecule has 0 aliphatic heterocycles. The van der Waals surface area contributed by atoms with Gasteiger partial charge in [-0.25, -0.2) is 4.98 Å². The molecule has 1 atom stereocenters. The van der Waals surface area contributed by atoms with Gasteiger partial charge in [-0.3, -0.25) is 0 Å². The predicted molar refractivity (Wildman–Crippen MR) is 65.1 cm³/mol.